The number of hydrogen-bond acceptors (Lipinski definition) is 2. The summed E-state index contributed by atoms with van der Waals surface area (Å²) in [5.74, 6) is 0. The first-order valence-corrected chi connectivity index (χ1v) is 10.6. The van der Waals surface area contributed by atoms with Crippen molar-refractivity contribution in [2.75, 3.05) is 0 Å². The van der Waals surface area contributed by atoms with Gasteiger partial charge in [-0.25, -0.2) is 0 Å². The normalized spacial score (nSPS) is 16.8. The van der Waals surface area contributed by atoms with Crippen LogP contribution in [0.1, 0.15) is 42.5 Å². The Morgan fingerprint density at radius 1 is 0.893 bits per heavy atom. The highest BCUT2D eigenvalue weighted by Crippen LogP contribution is 2.36. The van der Waals surface area contributed by atoms with Crippen LogP contribution in [0.4, 0.5) is 0 Å². The van der Waals surface area contributed by atoms with Crippen LogP contribution in [-0.2, 0) is 12.0 Å². The number of benzene rings is 2. The molecule has 1 fully saturated rings. The summed E-state index contributed by atoms with van der Waals surface area (Å²) >= 11 is 12.6. The summed E-state index contributed by atoms with van der Waals surface area (Å²) in [6, 6.07) is 23.1. The van der Waals surface area contributed by atoms with Gasteiger partial charge in [0.1, 0.15) is 0 Å². The van der Waals surface area contributed by atoms with E-state index in [4.69, 9.17) is 28.2 Å². The molecule has 4 rings (SSSR count). The summed E-state index contributed by atoms with van der Waals surface area (Å²) in [5, 5.41) is 5.37. The summed E-state index contributed by atoms with van der Waals surface area (Å²) < 4.78 is 0. The van der Waals surface area contributed by atoms with Gasteiger partial charge < -0.3 is 0 Å². The Balaban J connectivity index is 1.87. The monoisotopic (exact) mass is 410 g/mol. The fourth-order valence-corrected chi connectivity index (χ4v) is 4.55. The second kappa shape index (κ2) is 8.65. The molecule has 0 amide bonds. The molecule has 1 N–H and O–H groups in total. The maximum atomic E-state index is 6.41. The number of halogens is 2. The number of hydrogen-bond donors (Lipinski definition) is 1. The van der Waals surface area contributed by atoms with Gasteiger partial charge in [0.05, 0.1) is 16.3 Å². The zero-order valence-corrected chi connectivity index (χ0v) is 17.3. The number of aromatic nitrogens is 1. The van der Waals surface area contributed by atoms with Crippen LogP contribution in [0.3, 0.4) is 0 Å². The van der Waals surface area contributed by atoms with Crippen LogP contribution in [0.15, 0.2) is 72.9 Å². The van der Waals surface area contributed by atoms with E-state index in [1.54, 1.807) is 6.20 Å². The minimum absolute atomic E-state index is 0.458. The molecule has 1 aliphatic rings. The second-order valence-corrected chi connectivity index (χ2v) is 8.44. The van der Waals surface area contributed by atoms with E-state index in [2.05, 4.69) is 47.8 Å². The van der Waals surface area contributed by atoms with Crippen LogP contribution in [0, 0.1) is 0 Å². The van der Waals surface area contributed by atoms with E-state index in [9.17, 15) is 0 Å². The van der Waals surface area contributed by atoms with Gasteiger partial charge in [-0.1, -0.05) is 78.5 Å². The number of nitrogens with zero attached hydrogens (tertiary/aromatic N) is 1. The highest BCUT2D eigenvalue weighted by atomic mass is 35.5. The Kier molecular flexibility index (Phi) is 6.01. The van der Waals surface area contributed by atoms with Gasteiger partial charge in [0.2, 0.25) is 0 Å². The summed E-state index contributed by atoms with van der Waals surface area (Å²) in [5.41, 5.74) is 2.89. The summed E-state index contributed by atoms with van der Waals surface area (Å²) in [4.78, 5) is 4.76. The SMILES string of the molecule is Clc1ccc(C(Cc2ccccc2)(NC2CCCC2)c2cccc(Cl)c2)nc1. The van der Waals surface area contributed by atoms with Crippen molar-refractivity contribution in [2.24, 2.45) is 0 Å². The van der Waals surface area contributed by atoms with E-state index in [-0.39, 0.29) is 0 Å². The Morgan fingerprint density at radius 2 is 1.68 bits per heavy atom. The average Bonchev–Trinajstić information content (AvgIpc) is 3.22. The molecule has 1 saturated carbocycles. The largest absolute Gasteiger partial charge is 0.299 e. The molecule has 0 bridgehead atoms. The molecule has 0 radical (unpaired) electrons. The molecule has 1 aromatic heterocycles. The van der Waals surface area contributed by atoms with Crippen molar-refractivity contribution in [1.29, 1.82) is 0 Å². The zero-order chi connectivity index (χ0) is 19.4. The third-order valence-electron chi connectivity index (χ3n) is 5.60. The molecule has 2 nitrogen and oxygen atoms in total. The van der Waals surface area contributed by atoms with Gasteiger partial charge in [0, 0.05) is 23.7 Å². The van der Waals surface area contributed by atoms with Crippen LogP contribution in [0.5, 0.6) is 0 Å². The molecule has 2 aromatic carbocycles. The van der Waals surface area contributed by atoms with Crippen molar-refractivity contribution >= 4 is 23.2 Å². The van der Waals surface area contributed by atoms with Crippen molar-refractivity contribution in [3.05, 3.63) is 99.8 Å². The number of nitrogens with one attached hydrogen (secondary N) is 1. The minimum Gasteiger partial charge on any atom is -0.299 e. The van der Waals surface area contributed by atoms with E-state index >= 15 is 0 Å². The predicted octanol–water partition coefficient (Wildman–Crippen LogP) is 6.41. The fraction of sp³-hybridized carbons (Fsp3) is 0.292. The highest BCUT2D eigenvalue weighted by molar-refractivity contribution is 6.30. The van der Waals surface area contributed by atoms with Crippen molar-refractivity contribution in [2.45, 2.75) is 43.7 Å². The van der Waals surface area contributed by atoms with Gasteiger partial charge >= 0.3 is 0 Å². The van der Waals surface area contributed by atoms with Crippen LogP contribution in [0.2, 0.25) is 10.0 Å². The number of rotatable bonds is 6. The molecule has 4 heteroatoms. The molecule has 1 unspecified atom stereocenters. The summed E-state index contributed by atoms with van der Waals surface area (Å²) in [6.45, 7) is 0. The van der Waals surface area contributed by atoms with Gasteiger partial charge in [0.25, 0.3) is 0 Å². The van der Waals surface area contributed by atoms with Crippen molar-refractivity contribution < 1.29 is 0 Å². The minimum atomic E-state index is -0.466. The lowest BCUT2D eigenvalue weighted by Crippen LogP contribution is -2.50. The van der Waals surface area contributed by atoms with Gasteiger partial charge in [0.15, 0.2) is 0 Å². The van der Waals surface area contributed by atoms with E-state index in [1.807, 2.05) is 24.3 Å². The van der Waals surface area contributed by atoms with Crippen LogP contribution < -0.4 is 5.32 Å². The van der Waals surface area contributed by atoms with Crippen LogP contribution in [0.25, 0.3) is 0 Å². The lowest BCUT2D eigenvalue weighted by Gasteiger charge is -2.38. The van der Waals surface area contributed by atoms with Crippen molar-refractivity contribution in [3.8, 4) is 0 Å². The lowest BCUT2D eigenvalue weighted by molar-refractivity contribution is 0.332. The molecule has 144 valence electrons. The third kappa shape index (κ3) is 4.25. The zero-order valence-electron chi connectivity index (χ0n) is 15.7. The Labute approximate surface area is 176 Å². The first kappa shape index (κ1) is 19.4. The predicted molar refractivity (Wildman–Crippen MR) is 117 cm³/mol. The molecule has 1 aliphatic carbocycles. The third-order valence-corrected chi connectivity index (χ3v) is 6.06. The summed E-state index contributed by atoms with van der Waals surface area (Å²) in [6.07, 6.45) is 7.43. The standard InChI is InChI=1S/C24H24Cl2N2/c25-20-10-6-9-19(15-20)24(28-22-11-4-5-12-22,16-18-7-2-1-3-8-18)23-14-13-21(26)17-27-23/h1-3,6-10,13-15,17,22,28H,4-5,11-12,16H2. The maximum absolute atomic E-state index is 6.41. The molecule has 1 heterocycles. The molecule has 0 spiro atoms. The van der Waals surface area contributed by atoms with E-state index in [0.717, 1.165) is 22.7 Å². The molecule has 1 atom stereocenters. The Morgan fingerprint density at radius 3 is 2.36 bits per heavy atom. The first-order chi connectivity index (χ1) is 13.7. The molecule has 3 aromatic rings. The molecule has 0 saturated heterocycles. The quantitative estimate of drug-likeness (QED) is 0.507. The Hall–Kier alpha value is -1.87. The molecular formula is C24H24Cl2N2. The lowest BCUT2D eigenvalue weighted by atomic mass is 9.79. The molecule has 0 aliphatic heterocycles. The van der Waals surface area contributed by atoms with Crippen molar-refractivity contribution in [3.63, 3.8) is 0 Å². The van der Waals surface area contributed by atoms with Crippen LogP contribution >= 0.6 is 23.2 Å². The molecular weight excluding hydrogens is 387 g/mol. The molecule has 28 heavy (non-hydrogen) atoms. The first-order valence-electron chi connectivity index (χ1n) is 9.85. The maximum Gasteiger partial charge on any atom is 0.0907 e. The van der Waals surface area contributed by atoms with Gasteiger partial charge in [-0.15, -0.1) is 0 Å². The van der Waals surface area contributed by atoms with E-state index < -0.39 is 5.54 Å². The average molecular weight is 411 g/mol. The topological polar surface area (TPSA) is 24.9 Å². The van der Waals surface area contributed by atoms with Gasteiger partial charge in [-0.2, -0.15) is 0 Å². The van der Waals surface area contributed by atoms with Gasteiger partial charge in [-0.05, 0) is 48.2 Å². The van der Waals surface area contributed by atoms with Crippen LogP contribution in [-0.4, -0.2) is 11.0 Å². The smallest absolute Gasteiger partial charge is 0.0907 e. The van der Waals surface area contributed by atoms with E-state index in [1.165, 1.54) is 31.2 Å². The van der Waals surface area contributed by atoms with Gasteiger partial charge in [-0.3, -0.25) is 10.3 Å². The Bertz CT molecular complexity index is 905. The van der Waals surface area contributed by atoms with Crippen molar-refractivity contribution in [1.82, 2.24) is 10.3 Å². The fourth-order valence-electron chi connectivity index (χ4n) is 4.25. The van der Waals surface area contributed by atoms with E-state index in [0.29, 0.717) is 11.1 Å². The summed E-state index contributed by atoms with van der Waals surface area (Å²) in [7, 11) is 0. The second-order valence-electron chi connectivity index (χ2n) is 7.57. The number of pyridine rings is 1. The highest BCUT2D eigenvalue weighted by Gasteiger charge is 2.38.